The maximum absolute atomic E-state index is 11.7. The van der Waals surface area contributed by atoms with Crippen LogP contribution in [0.5, 0.6) is 5.75 Å². The van der Waals surface area contributed by atoms with Gasteiger partial charge in [-0.1, -0.05) is 18.2 Å². The Bertz CT molecular complexity index is 358. The van der Waals surface area contributed by atoms with Crippen LogP contribution in [0.4, 0.5) is 0 Å². The lowest BCUT2D eigenvalue weighted by molar-refractivity contribution is 0.467. The highest BCUT2D eigenvalue weighted by Gasteiger charge is 2.19. The fraction of sp³-hybridized carbons (Fsp3) is 0.455. The molecule has 1 aromatic rings. The first-order valence-corrected chi connectivity index (χ1v) is 5.98. The van der Waals surface area contributed by atoms with E-state index in [1.165, 1.54) is 0 Å². The zero-order valence-corrected chi connectivity index (χ0v) is 10.1. The van der Waals surface area contributed by atoms with Gasteiger partial charge in [0.05, 0.1) is 15.7 Å². The summed E-state index contributed by atoms with van der Waals surface area (Å²) >= 11 is 0. The normalized spacial score (nSPS) is 13.8. The quantitative estimate of drug-likeness (QED) is 0.829. The average Bonchev–Trinajstić information content (AvgIpc) is 2.14. The van der Waals surface area contributed by atoms with Crippen LogP contribution >= 0.6 is 0 Å². The fourth-order valence-corrected chi connectivity index (χ4v) is 1.74. The molecule has 0 aliphatic heterocycles. The molecule has 0 saturated carbocycles. The van der Waals surface area contributed by atoms with E-state index in [9.17, 15) is 9.32 Å². The van der Waals surface area contributed by atoms with Crippen molar-refractivity contribution in [1.82, 2.24) is 4.72 Å². The second-order valence-electron chi connectivity index (χ2n) is 4.33. The van der Waals surface area contributed by atoms with Gasteiger partial charge in [0.15, 0.2) is 0 Å². The number of hydrogen-bond acceptors (Lipinski definition) is 2. The molecule has 3 nitrogen and oxygen atoms in total. The monoisotopic (exact) mass is 227 g/mol. The average molecular weight is 227 g/mol. The van der Waals surface area contributed by atoms with Crippen molar-refractivity contribution < 1.29 is 9.32 Å². The number of phenolic OH excluding ortho intramolecular Hbond substituents is 1. The zero-order valence-electron chi connectivity index (χ0n) is 9.28. The molecule has 15 heavy (non-hydrogen) atoms. The highest BCUT2D eigenvalue weighted by atomic mass is 32.2. The minimum atomic E-state index is -1.11. The molecule has 0 aromatic heterocycles. The van der Waals surface area contributed by atoms with Gasteiger partial charge in [-0.3, -0.25) is 0 Å². The van der Waals surface area contributed by atoms with Crippen LogP contribution in [0.3, 0.4) is 0 Å². The van der Waals surface area contributed by atoms with Gasteiger partial charge in [0, 0.05) is 12.1 Å². The number of phenols is 1. The number of rotatable bonds is 3. The summed E-state index contributed by atoms with van der Waals surface area (Å²) in [5.41, 5.74) is 0.759. The van der Waals surface area contributed by atoms with Gasteiger partial charge >= 0.3 is 0 Å². The Morgan fingerprint density at radius 2 is 1.93 bits per heavy atom. The summed E-state index contributed by atoms with van der Waals surface area (Å²) in [5, 5.41) is 9.49. The van der Waals surface area contributed by atoms with Crippen molar-refractivity contribution >= 4 is 11.0 Å². The largest absolute Gasteiger partial charge is 0.508 e. The second-order valence-corrected chi connectivity index (χ2v) is 6.38. The minimum absolute atomic E-state index is 0.232. The van der Waals surface area contributed by atoms with E-state index >= 15 is 0 Å². The summed E-state index contributed by atoms with van der Waals surface area (Å²) in [6.07, 6.45) is 0. The molecule has 1 aromatic carbocycles. The highest BCUT2D eigenvalue weighted by molar-refractivity contribution is 7.84. The Morgan fingerprint density at radius 3 is 2.47 bits per heavy atom. The third-order valence-electron chi connectivity index (χ3n) is 1.94. The van der Waals surface area contributed by atoms with Gasteiger partial charge in [0.1, 0.15) is 5.75 Å². The topological polar surface area (TPSA) is 49.3 Å². The number of aromatic hydroxyl groups is 1. The molecule has 0 aliphatic carbocycles. The summed E-state index contributed by atoms with van der Waals surface area (Å²) in [5.74, 6) is 0.232. The first kappa shape index (κ1) is 12.2. The molecule has 1 atom stereocenters. The lowest BCUT2D eigenvalue weighted by atomic mass is 10.2. The summed E-state index contributed by atoms with van der Waals surface area (Å²) in [6.45, 7) is 6.12. The SMILES string of the molecule is CC(C)(C)[S@](=O)NCc1ccccc1O. The van der Waals surface area contributed by atoms with E-state index in [1.807, 2.05) is 32.9 Å². The highest BCUT2D eigenvalue weighted by Crippen LogP contribution is 2.16. The Morgan fingerprint density at radius 1 is 1.33 bits per heavy atom. The maximum Gasteiger partial charge on any atom is 0.120 e. The summed E-state index contributed by atoms with van der Waals surface area (Å²) in [7, 11) is -1.11. The Balaban J connectivity index is 2.59. The van der Waals surface area contributed by atoms with Crippen LogP contribution in [-0.4, -0.2) is 14.1 Å². The number of hydrogen-bond donors (Lipinski definition) is 2. The molecule has 0 fully saturated rings. The molecule has 0 bridgehead atoms. The van der Waals surface area contributed by atoms with Gasteiger partial charge in [-0.2, -0.15) is 0 Å². The third-order valence-corrected chi connectivity index (χ3v) is 3.46. The van der Waals surface area contributed by atoms with Crippen molar-refractivity contribution in [1.29, 1.82) is 0 Å². The van der Waals surface area contributed by atoms with Gasteiger partial charge < -0.3 is 5.11 Å². The molecule has 0 radical (unpaired) electrons. The van der Waals surface area contributed by atoms with Gasteiger partial charge in [0.2, 0.25) is 0 Å². The van der Waals surface area contributed by atoms with Crippen molar-refractivity contribution in [3.63, 3.8) is 0 Å². The Labute approximate surface area is 93.1 Å². The first-order chi connectivity index (χ1) is 6.91. The van der Waals surface area contributed by atoms with Crippen molar-refractivity contribution in [2.75, 3.05) is 0 Å². The summed E-state index contributed by atoms with van der Waals surface area (Å²) < 4.78 is 14.3. The molecular weight excluding hydrogens is 210 g/mol. The molecule has 0 unspecified atom stereocenters. The van der Waals surface area contributed by atoms with Gasteiger partial charge in [-0.15, -0.1) is 0 Å². The molecule has 0 saturated heterocycles. The van der Waals surface area contributed by atoms with Gasteiger partial charge in [0.25, 0.3) is 0 Å². The van der Waals surface area contributed by atoms with E-state index in [2.05, 4.69) is 4.72 Å². The minimum Gasteiger partial charge on any atom is -0.508 e. The predicted octanol–water partition coefficient (Wildman–Crippen LogP) is 1.94. The van der Waals surface area contributed by atoms with Crippen LogP contribution in [0.25, 0.3) is 0 Å². The van der Waals surface area contributed by atoms with E-state index in [-0.39, 0.29) is 10.5 Å². The molecule has 4 heteroatoms. The van der Waals surface area contributed by atoms with Gasteiger partial charge in [-0.25, -0.2) is 8.93 Å². The first-order valence-electron chi connectivity index (χ1n) is 4.83. The predicted molar refractivity (Wildman–Crippen MR) is 62.8 cm³/mol. The number of nitrogens with one attached hydrogen (secondary N) is 1. The van der Waals surface area contributed by atoms with Crippen LogP contribution in [0, 0.1) is 0 Å². The van der Waals surface area contributed by atoms with Gasteiger partial charge in [-0.05, 0) is 26.8 Å². The van der Waals surface area contributed by atoms with Crippen molar-refractivity contribution in [3.8, 4) is 5.75 Å². The number of benzene rings is 1. The number of para-hydroxylation sites is 1. The second kappa shape index (κ2) is 4.77. The molecule has 0 aliphatic rings. The molecule has 2 N–H and O–H groups in total. The van der Waals surface area contributed by atoms with E-state index in [1.54, 1.807) is 12.1 Å². The van der Waals surface area contributed by atoms with Crippen LogP contribution < -0.4 is 4.72 Å². The van der Waals surface area contributed by atoms with E-state index in [4.69, 9.17) is 0 Å². The maximum atomic E-state index is 11.7. The lowest BCUT2D eigenvalue weighted by Crippen LogP contribution is -2.32. The Hall–Kier alpha value is -0.870. The van der Waals surface area contributed by atoms with E-state index < -0.39 is 11.0 Å². The van der Waals surface area contributed by atoms with E-state index in [0.717, 1.165) is 5.56 Å². The molecule has 0 amide bonds. The summed E-state index contributed by atoms with van der Waals surface area (Å²) in [6, 6.07) is 7.04. The molecule has 1 rings (SSSR count). The Kier molecular flexibility index (Phi) is 3.88. The van der Waals surface area contributed by atoms with Crippen molar-refractivity contribution in [2.45, 2.75) is 32.1 Å². The van der Waals surface area contributed by atoms with Crippen LogP contribution in [0.2, 0.25) is 0 Å². The third kappa shape index (κ3) is 3.64. The van der Waals surface area contributed by atoms with Crippen LogP contribution in [0.1, 0.15) is 26.3 Å². The molecule has 0 spiro atoms. The fourth-order valence-electron chi connectivity index (χ4n) is 1.02. The molecular formula is C11H17NO2S. The van der Waals surface area contributed by atoms with Crippen molar-refractivity contribution in [2.24, 2.45) is 0 Å². The zero-order chi connectivity index (χ0) is 11.5. The van der Waals surface area contributed by atoms with Crippen molar-refractivity contribution in [3.05, 3.63) is 29.8 Å². The molecule has 0 heterocycles. The smallest absolute Gasteiger partial charge is 0.120 e. The standard InChI is InChI=1S/C11H17NO2S/c1-11(2,3)15(14)12-8-9-6-4-5-7-10(9)13/h4-7,12-13H,8H2,1-3H3/t15-/m0/s1. The lowest BCUT2D eigenvalue weighted by Gasteiger charge is -2.18. The van der Waals surface area contributed by atoms with Crippen LogP contribution in [0.15, 0.2) is 24.3 Å². The van der Waals surface area contributed by atoms with E-state index in [0.29, 0.717) is 6.54 Å². The molecule has 84 valence electrons. The van der Waals surface area contributed by atoms with Crippen LogP contribution in [-0.2, 0) is 17.5 Å². The summed E-state index contributed by atoms with van der Waals surface area (Å²) in [4.78, 5) is 0.